The number of nitrogens with zero attached hydrogens (tertiary/aromatic N) is 8. The summed E-state index contributed by atoms with van der Waals surface area (Å²) in [6.07, 6.45) is 0. The van der Waals surface area contributed by atoms with E-state index < -0.39 is 0 Å². The molecule has 22 rings (SSSR count). The molecule has 0 aliphatic heterocycles. The predicted octanol–water partition coefficient (Wildman–Crippen LogP) is 26.4. The van der Waals surface area contributed by atoms with Crippen molar-refractivity contribution in [2.24, 2.45) is 0 Å². The van der Waals surface area contributed by atoms with Crippen molar-refractivity contribution >= 4 is 87.5 Å². The molecule has 0 N–H and O–H groups in total. The lowest BCUT2D eigenvalue weighted by Gasteiger charge is -2.14. The summed E-state index contributed by atoms with van der Waals surface area (Å²) in [7, 11) is 0. The molecule has 0 aliphatic carbocycles. The van der Waals surface area contributed by atoms with E-state index in [9.17, 15) is 0 Å². The molecule has 22 aromatic rings. The summed E-state index contributed by atoms with van der Waals surface area (Å²) in [6.45, 7) is 0. The van der Waals surface area contributed by atoms with E-state index in [0.29, 0.717) is 34.9 Å². The second kappa shape index (κ2) is 27.5. The maximum absolute atomic E-state index is 6.96. The van der Waals surface area contributed by atoms with Gasteiger partial charge in [0.15, 0.2) is 34.9 Å². The minimum absolute atomic E-state index is 0.590. The first-order chi connectivity index (χ1) is 55.5. The molecule has 0 spiro atoms. The summed E-state index contributed by atoms with van der Waals surface area (Å²) in [6, 6.07) is 135. The third-order valence-corrected chi connectivity index (χ3v) is 21.3. The van der Waals surface area contributed by atoms with Crippen LogP contribution in [0.5, 0.6) is 0 Å². The van der Waals surface area contributed by atoms with E-state index in [1.165, 1.54) is 27.1 Å². The third kappa shape index (κ3) is 11.6. The number of fused-ring (bicyclic) bond motifs is 12. The summed E-state index contributed by atoms with van der Waals surface area (Å²) >= 11 is 0. The van der Waals surface area contributed by atoms with Crippen LogP contribution in [0.4, 0.5) is 0 Å². The molecule has 0 atom stereocenters. The quantitative estimate of drug-likeness (QED) is 0.119. The topological polar surface area (TPSA) is 113 Å². The number of furan rings is 2. The highest BCUT2D eigenvalue weighted by atomic mass is 16.3. The van der Waals surface area contributed by atoms with Crippen LogP contribution in [0, 0.1) is 0 Å². The van der Waals surface area contributed by atoms with Crippen molar-refractivity contribution in [3.63, 3.8) is 0 Å². The Labute approximate surface area is 643 Å². The van der Waals surface area contributed by atoms with Gasteiger partial charge in [0, 0.05) is 106 Å². The minimum atomic E-state index is 0.590. The number of benzene rings is 16. The lowest BCUT2D eigenvalue weighted by molar-refractivity contribution is 0.669. The van der Waals surface area contributed by atoms with Crippen LogP contribution in [-0.2, 0) is 0 Å². The zero-order valence-corrected chi connectivity index (χ0v) is 60.3. The maximum atomic E-state index is 6.96. The zero-order chi connectivity index (χ0) is 74.0. The molecule has 0 radical (unpaired) electrons. The molecule has 16 aromatic carbocycles. The molecule has 524 valence electrons. The third-order valence-electron chi connectivity index (χ3n) is 21.3. The van der Waals surface area contributed by atoms with Gasteiger partial charge in [-0.2, -0.15) is 0 Å². The minimum Gasteiger partial charge on any atom is -0.456 e. The lowest BCUT2D eigenvalue weighted by atomic mass is 9.93. The maximum Gasteiger partial charge on any atom is 0.164 e. The number of aromatic nitrogens is 8. The Morgan fingerprint density at radius 3 is 0.973 bits per heavy atom. The van der Waals surface area contributed by atoms with Crippen LogP contribution in [0.25, 0.3) is 212 Å². The fourth-order valence-electron chi connectivity index (χ4n) is 16.0. The molecule has 0 unspecified atom stereocenters. The van der Waals surface area contributed by atoms with Gasteiger partial charge < -0.3 is 18.0 Å². The molecule has 0 fully saturated rings. The van der Waals surface area contributed by atoms with E-state index >= 15 is 0 Å². The van der Waals surface area contributed by atoms with Crippen LogP contribution in [-0.4, -0.2) is 39.0 Å². The Morgan fingerprint density at radius 1 is 0.170 bits per heavy atom. The van der Waals surface area contributed by atoms with E-state index in [1.807, 2.05) is 133 Å². The summed E-state index contributed by atoms with van der Waals surface area (Å²) < 4.78 is 18.4. The molecular weight excluding hydrogens is 1370 g/mol. The second-order valence-electron chi connectivity index (χ2n) is 28.0. The molecule has 6 aromatic heterocycles. The number of hydrogen-bond acceptors (Lipinski definition) is 8. The van der Waals surface area contributed by atoms with Crippen molar-refractivity contribution in [2.75, 3.05) is 0 Å². The van der Waals surface area contributed by atoms with Gasteiger partial charge >= 0.3 is 0 Å². The predicted molar refractivity (Wildman–Crippen MR) is 457 cm³/mol. The highest BCUT2D eigenvalue weighted by molar-refractivity contribution is 6.20. The lowest BCUT2D eigenvalue weighted by Crippen LogP contribution is -2.01. The van der Waals surface area contributed by atoms with Crippen molar-refractivity contribution in [3.05, 3.63) is 388 Å². The molecule has 0 saturated carbocycles. The van der Waals surface area contributed by atoms with Crippen LogP contribution in [0.2, 0.25) is 0 Å². The largest absolute Gasteiger partial charge is 0.456 e. The van der Waals surface area contributed by atoms with E-state index in [2.05, 4.69) is 264 Å². The summed E-state index contributed by atoms with van der Waals surface area (Å²) in [5, 5.41) is 9.09. The molecular formula is C102H64N8O2. The summed E-state index contributed by atoms with van der Waals surface area (Å²) in [5.74, 6) is 3.67. The second-order valence-corrected chi connectivity index (χ2v) is 28.0. The number of rotatable bonds is 12. The van der Waals surface area contributed by atoms with Gasteiger partial charge in [0.2, 0.25) is 0 Å². The van der Waals surface area contributed by atoms with Crippen LogP contribution in [0.1, 0.15) is 0 Å². The highest BCUT2D eigenvalue weighted by Gasteiger charge is 2.25. The van der Waals surface area contributed by atoms with E-state index in [1.54, 1.807) is 0 Å². The molecule has 112 heavy (non-hydrogen) atoms. The van der Waals surface area contributed by atoms with Crippen molar-refractivity contribution in [1.29, 1.82) is 0 Å². The van der Waals surface area contributed by atoms with Gasteiger partial charge in [-0.15, -0.1) is 0 Å². The van der Waals surface area contributed by atoms with Crippen molar-refractivity contribution in [3.8, 4) is 124 Å². The highest BCUT2D eigenvalue weighted by Crippen LogP contribution is 2.46. The Bertz CT molecular complexity index is 7220. The Kier molecular flexibility index (Phi) is 16.0. The normalized spacial score (nSPS) is 11.6. The standard InChI is InChI=1S/2C51H32N4O/c1-5-16-33(17-6-1)36-28-29-38(44(30-36)51-53-49(34-18-7-2-8-19-34)52-50(54-51)35-20-9-3-10-21-35)40-25-15-26-41-43-31-42-39-24-13-14-27-45(39)55(37-22-11-4-12-23-37)46(42)32-47(43)56-48(40)41;1-5-15-33(16-6-1)36-25-27-39(44(29-36)51-53-49(34-17-7-2-8-18-34)52-50(54-51)35-19-9-3-10-20-35)37-26-28-41-43-31-42-40-23-13-14-24-45(40)55(38-21-11-4-12-22-38)46(42)32-48(43)56-47(41)30-37/h2*1-32H. The van der Waals surface area contributed by atoms with Crippen LogP contribution in [0.15, 0.2) is 397 Å². The monoisotopic (exact) mass is 1430 g/mol. The van der Waals surface area contributed by atoms with E-state index in [-0.39, 0.29) is 0 Å². The van der Waals surface area contributed by atoms with E-state index in [4.69, 9.17) is 38.7 Å². The first-order valence-corrected chi connectivity index (χ1v) is 37.5. The fraction of sp³-hybridized carbons (Fsp3) is 0. The van der Waals surface area contributed by atoms with Crippen molar-refractivity contribution < 1.29 is 8.83 Å². The van der Waals surface area contributed by atoms with Gasteiger partial charge in [-0.25, -0.2) is 29.9 Å². The van der Waals surface area contributed by atoms with Gasteiger partial charge in [0.1, 0.15) is 22.3 Å². The molecule has 10 heteroatoms. The molecule has 0 amide bonds. The Hall–Kier alpha value is -15.3. The average molecular weight is 1430 g/mol. The summed E-state index contributed by atoms with van der Waals surface area (Å²) in [5.41, 5.74) is 23.9. The fourth-order valence-corrected chi connectivity index (χ4v) is 16.0. The van der Waals surface area contributed by atoms with Crippen LogP contribution >= 0.6 is 0 Å². The van der Waals surface area contributed by atoms with Crippen molar-refractivity contribution in [1.82, 2.24) is 39.0 Å². The Morgan fingerprint density at radius 2 is 0.518 bits per heavy atom. The van der Waals surface area contributed by atoms with E-state index in [0.717, 1.165) is 150 Å². The van der Waals surface area contributed by atoms with Gasteiger partial charge in [-0.3, -0.25) is 0 Å². The van der Waals surface area contributed by atoms with Gasteiger partial charge in [0.05, 0.1) is 22.1 Å². The Balaban J connectivity index is 0.000000141. The first-order valence-electron chi connectivity index (χ1n) is 37.5. The molecule has 0 bridgehead atoms. The SMILES string of the molecule is c1ccc(-c2ccc(-c3ccc4c(c3)oc3cc5c(cc34)c3ccccc3n5-c3ccccc3)c(-c3nc(-c4ccccc4)nc(-c4ccccc4)n3)c2)cc1.c1ccc(-c2ccc(-c3cccc4c3oc3cc5c(cc34)c3ccccc3n5-c3ccccc3)c(-c3nc(-c4ccccc4)nc(-c4ccccc4)n3)c2)cc1. The van der Waals surface area contributed by atoms with Gasteiger partial charge in [0.25, 0.3) is 0 Å². The zero-order valence-electron chi connectivity index (χ0n) is 60.3. The van der Waals surface area contributed by atoms with Crippen LogP contribution < -0.4 is 0 Å². The molecule has 0 aliphatic rings. The molecule has 0 saturated heterocycles. The van der Waals surface area contributed by atoms with Crippen molar-refractivity contribution in [2.45, 2.75) is 0 Å². The number of hydrogen-bond donors (Lipinski definition) is 0. The van der Waals surface area contributed by atoms with Gasteiger partial charge in [-0.05, 0) is 112 Å². The average Bonchev–Trinajstić information content (AvgIpc) is 1.57. The summed E-state index contributed by atoms with van der Waals surface area (Å²) in [4.78, 5) is 30.6. The smallest absolute Gasteiger partial charge is 0.164 e. The first kappa shape index (κ1) is 65.1. The van der Waals surface area contributed by atoms with Crippen LogP contribution in [0.3, 0.4) is 0 Å². The van der Waals surface area contributed by atoms with Gasteiger partial charge in [-0.1, -0.05) is 303 Å². The number of para-hydroxylation sites is 5. The molecule has 10 nitrogen and oxygen atoms in total. The molecule has 6 heterocycles.